The number of nitrogens with zero attached hydrogens (tertiary/aromatic N) is 2. The summed E-state index contributed by atoms with van der Waals surface area (Å²) >= 11 is 1.47. The molecule has 0 saturated heterocycles. The zero-order valence-corrected chi connectivity index (χ0v) is 13.9. The zero-order chi connectivity index (χ0) is 16.9. The number of pyridine rings is 1. The van der Waals surface area contributed by atoms with E-state index in [4.69, 9.17) is 0 Å². The summed E-state index contributed by atoms with van der Waals surface area (Å²) in [6.07, 6.45) is 1.92. The van der Waals surface area contributed by atoms with Gasteiger partial charge in [0.05, 0.1) is 23.9 Å². The third-order valence-corrected chi connectivity index (χ3v) is 4.44. The lowest BCUT2D eigenvalue weighted by molar-refractivity contribution is -0.121. The Bertz CT molecular complexity index is 818. The number of amides is 1. The molecular formula is C18H16FN3OS. The van der Waals surface area contributed by atoms with Crippen molar-refractivity contribution in [2.75, 3.05) is 0 Å². The van der Waals surface area contributed by atoms with Crippen molar-refractivity contribution in [3.05, 3.63) is 71.1 Å². The molecule has 0 radical (unpaired) electrons. The van der Waals surface area contributed by atoms with E-state index in [1.165, 1.54) is 23.5 Å². The highest BCUT2D eigenvalue weighted by Gasteiger charge is 2.13. The summed E-state index contributed by atoms with van der Waals surface area (Å²) in [6, 6.07) is 11.6. The van der Waals surface area contributed by atoms with Crippen LogP contribution in [0, 0.1) is 5.82 Å². The van der Waals surface area contributed by atoms with Crippen molar-refractivity contribution in [1.82, 2.24) is 15.3 Å². The first kappa shape index (κ1) is 16.3. The summed E-state index contributed by atoms with van der Waals surface area (Å²) < 4.78 is 12.9. The fourth-order valence-corrected chi connectivity index (χ4v) is 3.08. The molecule has 0 bridgehead atoms. The van der Waals surface area contributed by atoms with Gasteiger partial charge in [-0.1, -0.05) is 18.2 Å². The number of benzene rings is 1. The van der Waals surface area contributed by atoms with E-state index >= 15 is 0 Å². The van der Waals surface area contributed by atoms with Crippen LogP contribution in [0.2, 0.25) is 0 Å². The second kappa shape index (κ2) is 7.31. The van der Waals surface area contributed by atoms with Crippen molar-refractivity contribution in [1.29, 1.82) is 0 Å². The van der Waals surface area contributed by atoms with E-state index in [1.54, 1.807) is 18.3 Å². The van der Waals surface area contributed by atoms with Crippen LogP contribution in [0.4, 0.5) is 4.39 Å². The maximum absolute atomic E-state index is 12.9. The van der Waals surface area contributed by atoms with Crippen LogP contribution in [0.15, 0.2) is 54.0 Å². The molecule has 6 heteroatoms. The normalized spacial score (nSPS) is 11.9. The van der Waals surface area contributed by atoms with Crippen LogP contribution in [-0.2, 0) is 11.2 Å². The number of hydrogen-bond donors (Lipinski definition) is 1. The number of carbonyl (C=O) groups is 1. The van der Waals surface area contributed by atoms with Gasteiger partial charge in [0.1, 0.15) is 10.8 Å². The van der Waals surface area contributed by atoms with Crippen molar-refractivity contribution in [2.24, 2.45) is 0 Å². The minimum Gasteiger partial charge on any atom is -0.349 e. The Kier molecular flexibility index (Phi) is 4.96. The van der Waals surface area contributed by atoms with Gasteiger partial charge in [-0.3, -0.25) is 9.78 Å². The van der Waals surface area contributed by atoms with Gasteiger partial charge in [-0.25, -0.2) is 9.37 Å². The Morgan fingerprint density at radius 3 is 2.75 bits per heavy atom. The van der Waals surface area contributed by atoms with E-state index in [1.807, 2.05) is 30.5 Å². The van der Waals surface area contributed by atoms with Gasteiger partial charge < -0.3 is 5.32 Å². The number of carbonyl (C=O) groups excluding carboxylic acids is 1. The largest absolute Gasteiger partial charge is 0.349 e. The average molecular weight is 341 g/mol. The van der Waals surface area contributed by atoms with E-state index in [0.29, 0.717) is 5.69 Å². The number of hydrogen-bond acceptors (Lipinski definition) is 4. The Hall–Kier alpha value is -2.60. The van der Waals surface area contributed by atoms with Crippen LogP contribution in [0.1, 0.15) is 24.2 Å². The third-order valence-electron chi connectivity index (χ3n) is 3.52. The lowest BCUT2D eigenvalue weighted by atomic mass is 10.1. The highest BCUT2D eigenvalue weighted by molar-refractivity contribution is 7.13. The van der Waals surface area contributed by atoms with E-state index in [-0.39, 0.29) is 24.2 Å². The predicted octanol–water partition coefficient (Wildman–Crippen LogP) is 3.76. The van der Waals surface area contributed by atoms with Gasteiger partial charge in [-0.05, 0) is 36.8 Å². The number of thiazole rings is 1. The number of aromatic nitrogens is 2. The molecule has 1 amide bonds. The second-order valence-corrected chi connectivity index (χ2v) is 6.23. The first-order valence-electron chi connectivity index (χ1n) is 7.52. The van der Waals surface area contributed by atoms with E-state index in [2.05, 4.69) is 15.3 Å². The fraction of sp³-hybridized carbons (Fsp3) is 0.167. The molecule has 3 rings (SSSR count). The summed E-state index contributed by atoms with van der Waals surface area (Å²) in [5.74, 6) is -0.411. The molecule has 1 N–H and O–H groups in total. The minimum atomic E-state index is -0.290. The Labute approximate surface area is 143 Å². The molecule has 1 atom stereocenters. The van der Waals surface area contributed by atoms with Gasteiger partial charge >= 0.3 is 0 Å². The number of rotatable bonds is 5. The van der Waals surface area contributed by atoms with Gasteiger partial charge in [-0.2, -0.15) is 0 Å². The molecule has 4 nitrogen and oxygen atoms in total. The number of nitrogens with one attached hydrogen (secondary N) is 1. The molecule has 24 heavy (non-hydrogen) atoms. The molecular weight excluding hydrogens is 325 g/mol. The topological polar surface area (TPSA) is 54.9 Å². The quantitative estimate of drug-likeness (QED) is 0.769. The lowest BCUT2D eigenvalue weighted by Gasteiger charge is -2.13. The molecule has 0 fully saturated rings. The van der Waals surface area contributed by atoms with Crippen molar-refractivity contribution in [2.45, 2.75) is 19.4 Å². The zero-order valence-electron chi connectivity index (χ0n) is 13.1. The van der Waals surface area contributed by atoms with Gasteiger partial charge in [0.2, 0.25) is 5.91 Å². The second-order valence-electron chi connectivity index (χ2n) is 5.38. The summed E-state index contributed by atoms with van der Waals surface area (Å²) in [7, 11) is 0. The molecule has 122 valence electrons. The van der Waals surface area contributed by atoms with Crippen molar-refractivity contribution < 1.29 is 9.18 Å². The molecule has 3 aromatic rings. The van der Waals surface area contributed by atoms with E-state index < -0.39 is 0 Å². The lowest BCUT2D eigenvalue weighted by Crippen LogP contribution is -2.28. The summed E-state index contributed by atoms with van der Waals surface area (Å²) in [6.45, 7) is 1.87. The molecule has 2 aromatic heterocycles. The molecule has 0 saturated carbocycles. The van der Waals surface area contributed by atoms with Crippen molar-refractivity contribution in [3.8, 4) is 10.7 Å². The van der Waals surface area contributed by atoms with E-state index in [9.17, 15) is 9.18 Å². The highest BCUT2D eigenvalue weighted by Crippen LogP contribution is 2.21. The predicted molar refractivity (Wildman–Crippen MR) is 92.0 cm³/mol. The molecule has 0 spiro atoms. The SMILES string of the molecule is C[C@H](NC(=O)Cc1csc(-c2ccccn2)n1)c1ccc(F)cc1. The molecule has 0 aliphatic rings. The van der Waals surface area contributed by atoms with Gasteiger partial charge in [0, 0.05) is 11.6 Å². The smallest absolute Gasteiger partial charge is 0.226 e. The summed E-state index contributed by atoms with van der Waals surface area (Å²) in [5, 5.41) is 5.56. The van der Waals surface area contributed by atoms with Gasteiger partial charge in [-0.15, -0.1) is 11.3 Å². The molecule has 0 aliphatic carbocycles. The van der Waals surface area contributed by atoms with Crippen LogP contribution < -0.4 is 5.32 Å². The van der Waals surface area contributed by atoms with Crippen molar-refractivity contribution in [3.63, 3.8) is 0 Å². The summed E-state index contributed by atoms with van der Waals surface area (Å²) in [5.41, 5.74) is 2.37. The fourth-order valence-electron chi connectivity index (χ4n) is 2.29. The summed E-state index contributed by atoms with van der Waals surface area (Å²) in [4.78, 5) is 20.9. The van der Waals surface area contributed by atoms with Crippen LogP contribution in [0.3, 0.4) is 0 Å². The monoisotopic (exact) mass is 341 g/mol. The molecule has 0 aliphatic heterocycles. The van der Waals surface area contributed by atoms with Crippen LogP contribution in [0.5, 0.6) is 0 Å². The standard InChI is InChI=1S/C18H16FN3OS/c1-12(13-5-7-14(19)8-6-13)21-17(23)10-15-11-24-18(22-15)16-4-2-3-9-20-16/h2-9,11-12H,10H2,1H3,(H,21,23)/t12-/m0/s1. The van der Waals surface area contributed by atoms with Crippen LogP contribution >= 0.6 is 11.3 Å². The highest BCUT2D eigenvalue weighted by atomic mass is 32.1. The Morgan fingerprint density at radius 1 is 1.25 bits per heavy atom. The van der Waals surface area contributed by atoms with Crippen LogP contribution in [-0.4, -0.2) is 15.9 Å². The number of halogens is 1. The van der Waals surface area contributed by atoms with Crippen LogP contribution in [0.25, 0.3) is 10.7 Å². The van der Waals surface area contributed by atoms with Gasteiger partial charge in [0.25, 0.3) is 0 Å². The maximum atomic E-state index is 12.9. The van der Waals surface area contributed by atoms with Crippen molar-refractivity contribution >= 4 is 17.2 Å². The first-order chi connectivity index (χ1) is 11.6. The molecule has 1 aromatic carbocycles. The molecule has 2 heterocycles. The first-order valence-corrected chi connectivity index (χ1v) is 8.40. The van der Waals surface area contributed by atoms with Gasteiger partial charge in [0.15, 0.2) is 0 Å². The molecule has 0 unspecified atom stereocenters. The van der Waals surface area contributed by atoms with E-state index in [0.717, 1.165) is 16.3 Å². The Morgan fingerprint density at radius 2 is 2.04 bits per heavy atom. The minimum absolute atomic E-state index is 0.121. The average Bonchev–Trinajstić information content (AvgIpc) is 3.04. The third kappa shape index (κ3) is 4.02. The Balaban J connectivity index is 1.61. The maximum Gasteiger partial charge on any atom is 0.226 e.